The smallest absolute Gasteiger partial charge is 0.123 e. The highest BCUT2D eigenvalue weighted by Crippen LogP contribution is 2.35. The number of anilines is 1. The van der Waals surface area contributed by atoms with Gasteiger partial charge in [0.15, 0.2) is 0 Å². The maximum Gasteiger partial charge on any atom is 0.123 e. The van der Waals surface area contributed by atoms with Crippen LogP contribution in [0.25, 0.3) is 21.5 Å². The Morgan fingerprint density at radius 3 is 2.10 bits per heavy atom. The molecule has 0 saturated heterocycles. The van der Waals surface area contributed by atoms with E-state index < -0.39 is 0 Å². The van der Waals surface area contributed by atoms with Crippen molar-refractivity contribution in [2.75, 3.05) is 31.5 Å². The quantitative estimate of drug-likeness (QED) is 0.311. The van der Waals surface area contributed by atoms with Crippen molar-refractivity contribution in [2.24, 2.45) is 10.2 Å². The van der Waals surface area contributed by atoms with E-state index in [4.69, 9.17) is 0 Å². The first-order chi connectivity index (χ1) is 15.2. The topological polar surface area (TPSA) is 60.2 Å². The number of benzene rings is 4. The van der Waals surface area contributed by atoms with Gasteiger partial charge in [-0.15, -0.1) is 10.2 Å². The predicted octanol–water partition coefficient (Wildman–Crippen LogP) is 6.87. The minimum absolute atomic E-state index is 0.250. The summed E-state index contributed by atoms with van der Waals surface area (Å²) in [7, 11) is 0. The number of hydrogen-bond acceptors (Lipinski definition) is 5. The lowest BCUT2D eigenvalue weighted by Gasteiger charge is -2.19. The fourth-order valence-corrected chi connectivity index (χ4v) is 3.88. The Morgan fingerprint density at radius 1 is 0.710 bits per heavy atom. The molecule has 0 amide bonds. The highest BCUT2D eigenvalue weighted by Gasteiger charge is 2.07. The minimum atomic E-state index is 0.250. The fraction of sp³-hybridized carbons (Fsp3) is 0.231. The summed E-state index contributed by atoms with van der Waals surface area (Å²) in [5, 5.41) is 26.6. The lowest BCUT2D eigenvalue weighted by molar-refractivity contribution is 0.316. The first-order valence-corrected chi connectivity index (χ1v) is 10.8. The number of aromatic hydroxyl groups is 1. The Morgan fingerprint density at radius 2 is 1.32 bits per heavy atom. The third-order valence-electron chi connectivity index (χ3n) is 5.68. The largest absolute Gasteiger partial charge is 0.507 e. The molecule has 2 N–H and O–H groups in total. The highest BCUT2D eigenvalue weighted by atomic mass is 16.3. The first-order valence-electron chi connectivity index (χ1n) is 10.8. The maximum absolute atomic E-state index is 10.1. The second-order valence-corrected chi connectivity index (χ2v) is 7.48. The first kappa shape index (κ1) is 20.8. The van der Waals surface area contributed by atoms with Gasteiger partial charge < -0.3 is 15.3 Å². The van der Waals surface area contributed by atoms with Gasteiger partial charge in [-0.2, -0.15) is 0 Å². The molecule has 0 fully saturated rings. The molecule has 0 heterocycles. The lowest BCUT2D eigenvalue weighted by Crippen LogP contribution is -2.28. The second-order valence-electron chi connectivity index (χ2n) is 7.48. The zero-order valence-electron chi connectivity index (χ0n) is 18.0. The zero-order chi connectivity index (χ0) is 21.6. The summed E-state index contributed by atoms with van der Waals surface area (Å²) in [5.74, 6) is 0.250. The molecule has 31 heavy (non-hydrogen) atoms. The lowest BCUT2D eigenvalue weighted by atomic mass is 10.1. The Kier molecular flexibility index (Phi) is 6.43. The molecule has 0 saturated carbocycles. The normalized spacial score (nSPS) is 11.7. The van der Waals surface area contributed by atoms with E-state index in [0.29, 0.717) is 0 Å². The highest BCUT2D eigenvalue weighted by molar-refractivity contribution is 6.01. The van der Waals surface area contributed by atoms with Crippen LogP contribution >= 0.6 is 0 Å². The number of nitrogens with one attached hydrogen (secondary N) is 1. The number of phenolic OH excluding ortho intramolecular Hbond substituents is 1. The van der Waals surface area contributed by atoms with Crippen LogP contribution in [0.5, 0.6) is 5.75 Å². The van der Waals surface area contributed by atoms with E-state index in [1.54, 1.807) is 6.07 Å². The second kappa shape index (κ2) is 9.58. The van der Waals surface area contributed by atoms with Gasteiger partial charge in [-0.05, 0) is 37.4 Å². The van der Waals surface area contributed by atoms with Crippen LogP contribution in [0, 0.1) is 0 Å². The third-order valence-corrected chi connectivity index (χ3v) is 5.68. The van der Waals surface area contributed by atoms with E-state index in [2.05, 4.69) is 52.5 Å². The van der Waals surface area contributed by atoms with Crippen molar-refractivity contribution in [3.8, 4) is 5.75 Å². The monoisotopic (exact) mass is 412 g/mol. The van der Waals surface area contributed by atoms with Gasteiger partial charge in [0, 0.05) is 40.3 Å². The molecule has 5 heteroatoms. The van der Waals surface area contributed by atoms with Crippen LogP contribution in [0.1, 0.15) is 13.8 Å². The van der Waals surface area contributed by atoms with Gasteiger partial charge in [0.1, 0.15) is 5.75 Å². The van der Waals surface area contributed by atoms with Crippen LogP contribution in [-0.4, -0.2) is 36.2 Å². The van der Waals surface area contributed by atoms with Crippen molar-refractivity contribution >= 4 is 38.6 Å². The van der Waals surface area contributed by atoms with Crippen molar-refractivity contribution in [1.29, 1.82) is 0 Å². The molecule has 0 bridgehead atoms. The summed E-state index contributed by atoms with van der Waals surface area (Å²) in [6.07, 6.45) is 0. The van der Waals surface area contributed by atoms with Crippen LogP contribution < -0.4 is 5.32 Å². The molecule has 4 rings (SSSR count). The van der Waals surface area contributed by atoms with Gasteiger partial charge in [0.25, 0.3) is 0 Å². The molecular formula is C26H28N4O. The van der Waals surface area contributed by atoms with Crippen molar-refractivity contribution in [1.82, 2.24) is 4.90 Å². The minimum Gasteiger partial charge on any atom is -0.507 e. The van der Waals surface area contributed by atoms with Crippen LogP contribution in [0.2, 0.25) is 0 Å². The summed E-state index contributed by atoms with van der Waals surface area (Å²) in [5.41, 5.74) is 2.66. The summed E-state index contributed by atoms with van der Waals surface area (Å²) in [4.78, 5) is 2.40. The van der Waals surface area contributed by atoms with Crippen LogP contribution in [-0.2, 0) is 0 Å². The number of phenols is 1. The van der Waals surface area contributed by atoms with Gasteiger partial charge in [0.2, 0.25) is 0 Å². The zero-order valence-corrected chi connectivity index (χ0v) is 18.0. The molecular weight excluding hydrogens is 384 g/mol. The molecule has 0 aromatic heterocycles. The Bertz CT molecular complexity index is 1210. The fourth-order valence-electron chi connectivity index (χ4n) is 3.88. The number of likely N-dealkylation sites (N-methyl/N-ethyl adjacent to an activating group) is 1. The van der Waals surface area contributed by atoms with Gasteiger partial charge in [-0.25, -0.2) is 0 Å². The van der Waals surface area contributed by atoms with Gasteiger partial charge in [0.05, 0.1) is 11.4 Å². The maximum atomic E-state index is 10.1. The van der Waals surface area contributed by atoms with E-state index in [1.807, 2.05) is 48.5 Å². The molecule has 158 valence electrons. The van der Waals surface area contributed by atoms with E-state index in [1.165, 1.54) is 0 Å². The number of fused-ring (bicyclic) bond motifs is 2. The van der Waals surface area contributed by atoms with Crippen molar-refractivity contribution in [2.45, 2.75) is 13.8 Å². The number of nitrogens with zero attached hydrogens (tertiary/aromatic N) is 3. The van der Waals surface area contributed by atoms with E-state index in [0.717, 1.165) is 64.8 Å². The molecule has 0 radical (unpaired) electrons. The van der Waals surface area contributed by atoms with E-state index >= 15 is 0 Å². The molecule has 0 aliphatic carbocycles. The van der Waals surface area contributed by atoms with Crippen molar-refractivity contribution in [3.05, 3.63) is 72.8 Å². The summed E-state index contributed by atoms with van der Waals surface area (Å²) >= 11 is 0. The standard InChI is InChI=1S/C26H28N4O/c1-3-30(4-2)18-17-27-23-15-16-25(20-10-6-5-9-19(20)23)29-28-24-13-7-12-22-21(24)11-8-14-26(22)31/h5-16,27,31H,3-4,17-18H2,1-2H3. The SMILES string of the molecule is CCN(CC)CCNc1ccc(N=Nc2cccc3c(O)cccc23)c2ccccc12. The summed E-state index contributed by atoms with van der Waals surface area (Å²) < 4.78 is 0. The van der Waals surface area contributed by atoms with E-state index in [9.17, 15) is 5.11 Å². The molecule has 0 unspecified atom stereocenters. The molecule has 4 aromatic rings. The summed E-state index contributed by atoms with van der Waals surface area (Å²) in [6.45, 7) is 8.41. The van der Waals surface area contributed by atoms with Crippen molar-refractivity contribution < 1.29 is 5.11 Å². The molecule has 5 nitrogen and oxygen atoms in total. The van der Waals surface area contributed by atoms with Crippen LogP contribution in [0.3, 0.4) is 0 Å². The third kappa shape index (κ3) is 4.52. The molecule has 0 spiro atoms. The average Bonchev–Trinajstić information content (AvgIpc) is 2.81. The number of hydrogen-bond donors (Lipinski definition) is 2. The Hall–Kier alpha value is -3.44. The Labute approximate surface area is 183 Å². The van der Waals surface area contributed by atoms with Crippen molar-refractivity contribution in [3.63, 3.8) is 0 Å². The van der Waals surface area contributed by atoms with Crippen LogP contribution in [0.15, 0.2) is 83.0 Å². The molecule has 0 aliphatic heterocycles. The van der Waals surface area contributed by atoms with Gasteiger partial charge in [-0.1, -0.05) is 62.4 Å². The Balaban J connectivity index is 1.63. The molecule has 4 aromatic carbocycles. The summed E-state index contributed by atoms with van der Waals surface area (Å²) in [6, 6.07) is 23.5. The molecule has 0 atom stereocenters. The predicted molar refractivity (Wildman–Crippen MR) is 130 cm³/mol. The van der Waals surface area contributed by atoms with E-state index in [-0.39, 0.29) is 5.75 Å². The van der Waals surface area contributed by atoms with Gasteiger partial charge in [-0.3, -0.25) is 0 Å². The molecule has 0 aliphatic rings. The van der Waals surface area contributed by atoms with Crippen LogP contribution in [0.4, 0.5) is 17.1 Å². The average molecular weight is 413 g/mol. The van der Waals surface area contributed by atoms with Gasteiger partial charge >= 0.3 is 0 Å². The number of azo groups is 1. The number of rotatable bonds is 8.